The lowest BCUT2D eigenvalue weighted by Crippen LogP contribution is -2.39. The van der Waals surface area contributed by atoms with Gasteiger partial charge in [-0.2, -0.15) is 0 Å². The highest BCUT2D eigenvalue weighted by molar-refractivity contribution is 5.30. The molecular weight excluding hydrogens is 320 g/mol. The molecule has 2 aromatic carbocycles. The van der Waals surface area contributed by atoms with Crippen LogP contribution in [0.5, 0.6) is 5.75 Å². The molecule has 3 rings (SSSR count). The van der Waals surface area contributed by atoms with E-state index >= 15 is 0 Å². The number of rotatable bonds is 6. The minimum atomic E-state index is 0.190. The van der Waals surface area contributed by atoms with E-state index in [-0.39, 0.29) is 5.41 Å². The third-order valence-corrected chi connectivity index (χ3v) is 5.06. The second kappa shape index (κ2) is 8.70. The average molecular weight is 353 g/mol. The SMILES string of the molecule is CC(C)(C)c1ccc(COc2cccc(CNC3CCNCC3)c2)cc1. The molecule has 0 bridgehead atoms. The van der Waals surface area contributed by atoms with Gasteiger partial charge in [0, 0.05) is 12.6 Å². The first-order chi connectivity index (χ1) is 12.5. The van der Waals surface area contributed by atoms with Gasteiger partial charge in [-0.1, -0.05) is 57.2 Å². The Hall–Kier alpha value is -1.84. The maximum Gasteiger partial charge on any atom is 0.120 e. The minimum absolute atomic E-state index is 0.190. The van der Waals surface area contributed by atoms with Crippen LogP contribution in [0, 0.1) is 0 Å². The van der Waals surface area contributed by atoms with Crippen molar-refractivity contribution >= 4 is 0 Å². The van der Waals surface area contributed by atoms with E-state index in [1.54, 1.807) is 0 Å². The number of hydrogen-bond acceptors (Lipinski definition) is 3. The summed E-state index contributed by atoms with van der Waals surface area (Å²) in [6.07, 6.45) is 2.42. The van der Waals surface area contributed by atoms with Crippen molar-refractivity contribution in [1.82, 2.24) is 10.6 Å². The lowest BCUT2D eigenvalue weighted by molar-refractivity contribution is 0.305. The van der Waals surface area contributed by atoms with Crippen LogP contribution < -0.4 is 15.4 Å². The molecule has 1 aliphatic rings. The molecule has 0 saturated carbocycles. The van der Waals surface area contributed by atoms with Gasteiger partial charge in [0.1, 0.15) is 12.4 Å². The molecule has 2 aromatic rings. The van der Waals surface area contributed by atoms with E-state index in [1.807, 2.05) is 6.07 Å². The normalized spacial score (nSPS) is 15.8. The molecule has 1 saturated heterocycles. The maximum absolute atomic E-state index is 6.01. The summed E-state index contributed by atoms with van der Waals surface area (Å²) >= 11 is 0. The van der Waals surface area contributed by atoms with E-state index < -0.39 is 0 Å². The molecule has 0 unspecified atom stereocenters. The highest BCUT2D eigenvalue weighted by Crippen LogP contribution is 2.23. The number of ether oxygens (including phenoxy) is 1. The Morgan fingerprint density at radius 1 is 1.00 bits per heavy atom. The molecule has 0 atom stereocenters. The summed E-state index contributed by atoms with van der Waals surface area (Å²) in [5, 5.41) is 7.07. The zero-order valence-corrected chi connectivity index (χ0v) is 16.3. The van der Waals surface area contributed by atoms with Crippen LogP contribution in [0.25, 0.3) is 0 Å². The molecule has 0 amide bonds. The quantitative estimate of drug-likeness (QED) is 0.808. The predicted octanol–water partition coefficient (Wildman–Crippen LogP) is 4.40. The fraction of sp³-hybridized carbons (Fsp3) is 0.478. The van der Waals surface area contributed by atoms with Gasteiger partial charge in [-0.15, -0.1) is 0 Å². The molecule has 3 heteroatoms. The molecule has 2 N–H and O–H groups in total. The smallest absolute Gasteiger partial charge is 0.120 e. The lowest BCUT2D eigenvalue weighted by Gasteiger charge is -2.23. The summed E-state index contributed by atoms with van der Waals surface area (Å²) in [6.45, 7) is 10.5. The zero-order chi connectivity index (χ0) is 18.4. The van der Waals surface area contributed by atoms with E-state index in [2.05, 4.69) is 73.9 Å². The van der Waals surface area contributed by atoms with E-state index in [9.17, 15) is 0 Å². The maximum atomic E-state index is 6.01. The summed E-state index contributed by atoms with van der Waals surface area (Å²) in [5.74, 6) is 0.939. The zero-order valence-electron chi connectivity index (χ0n) is 16.3. The van der Waals surface area contributed by atoms with Crippen molar-refractivity contribution in [3.63, 3.8) is 0 Å². The van der Waals surface area contributed by atoms with Gasteiger partial charge in [-0.25, -0.2) is 0 Å². The molecule has 0 radical (unpaired) electrons. The Bertz CT molecular complexity index is 682. The van der Waals surface area contributed by atoms with Gasteiger partial charge >= 0.3 is 0 Å². The lowest BCUT2D eigenvalue weighted by atomic mass is 9.87. The van der Waals surface area contributed by atoms with Gasteiger partial charge in [-0.05, 0) is 60.2 Å². The van der Waals surface area contributed by atoms with Gasteiger partial charge < -0.3 is 15.4 Å². The van der Waals surface area contributed by atoms with Crippen LogP contribution in [-0.2, 0) is 18.6 Å². The third-order valence-electron chi connectivity index (χ3n) is 5.06. The van der Waals surface area contributed by atoms with Crippen LogP contribution in [0.2, 0.25) is 0 Å². The first-order valence-electron chi connectivity index (χ1n) is 9.76. The molecular formula is C23H32N2O. The Morgan fingerprint density at radius 3 is 2.42 bits per heavy atom. The van der Waals surface area contributed by atoms with Gasteiger partial charge in [0.25, 0.3) is 0 Å². The van der Waals surface area contributed by atoms with E-state index in [0.29, 0.717) is 12.6 Å². The minimum Gasteiger partial charge on any atom is -0.489 e. The van der Waals surface area contributed by atoms with Crippen molar-refractivity contribution in [2.75, 3.05) is 13.1 Å². The average Bonchev–Trinajstić information content (AvgIpc) is 2.66. The summed E-state index contributed by atoms with van der Waals surface area (Å²) in [5.41, 5.74) is 4.03. The highest BCUT2D eigenvalue weighted by atomic mass is 16.5. The molecule has 0 aliphatic carbocycles. The van der Waals surface area contributed by atoms with Crippen molar-refractivity contribution in [1.29, 1.82) is 0 Å². The molecule has 1 heterocycles. The van der Waals surface area contributed by atoms with E-state index in [4.69, 9.17) is 4.74 Å². The summed E-state index contributed by atoms with van der Waals surface area (Å²) in [7, 11) is 0. The standard InChI is InChI=1S/C23H32N2O/c1-23(2,3)20-9-7-18(8-10-20)17-26-22-6-4-5-19(15-22)16-25-21-11-13-24-14-12-21/h4-10,15,21,24-25H,11-14,16-17H2,1-3H3. The molecule has 0 aromatic heterocycles. The molecule has 1 fully saturated rings. The first-order valence-corrected chi connectivity index (χ1v) is 9.76. The van der Waals surface area contributed by atoms with Gasteiger partial charge in [0.15, 0.2) is 0 Å². The van der Waals surface area contributed by atoms with Crippen molar-refractivity contribution in [2.24, 2.45) is 0 Å². The molecule has 0 spiro atoms. The Morgan fingerprint density at radius 2 is 1.73 bits per heavy atom. The van der Waals surface area contributed by atoms with Crippen LogP contribution in [-0.4, -0.2) is 19.1 Å². The Kier molecular flexibility index (Phi) is 6.33. The van der Waals surface area contributed by atoms with Crippen molar-refractivity contribution in [2.45, 2.75) is 58.2 Å². The molecule has 1 aliphatic heterocycles. The molecule has 140 valence electrons. The van der Waals surface area contributed by atoms with Crippen LogP contribution in [0.15, 0.2) is 48.5 Å². The summed E-state index contributed by atoms with van der Waals surface area (Å²) < 4.78 is 6.01. The third kappa shape index (κ3) is 5.58. The summed E-state index contributed by atoms with van der Waals surface area (Å²) in [4.78, 5) is 0. The van der Waals surface area contributed by atoms with Crippen LogP contribution >= 0.6 is 0 Å². The van der Waals surface area contributed by atoms with Crippen LogP contribution in [0.3, 0.4) is 0 Å². The second-order valence-corrected chi connectivity index (χ2v) is 8.29. The topological polar surface area (TPSA) is 33.3 Å². The number of hydrogen-bond donors (Lipinski definition) is 2. The number of nitrogens with one attached hydrogen (secondary N) is 2. The fourth-order valence-corrected chi connectivity index (χ4v) is 3.30. The number of benzene rings is 2. The predicted molar refractivity (Wildman–Crippen MR) is 109 cm³/mol. The fourth-order valence-electron chi connectivity index (χ4n) is 3.30. The van der Waals surface area contributed by atoms with Crippen molar-refractivity contribution in [3.05, 3.63) is 65.2 Å². The van der Waals surface area contributed by atoms with Gasteiger partial charge in [-0.3, -0.25) is 0 Å². The van der Waals surface area contributed by atoms with Gasteiger partial charge in [0.2, 0.25) is 0 Å². The molecule has 3 nitrogen and oxygen atoms in total. The van der Waals surface area contributed by atoms with E-state index in [0.717, 1.165) is 25.4 Å². The first kappa shape index (κ1) is 18.9. The van der Waals surface area contributed by atoms with Crippen LogP contribution in [0.1, 0.15) is 50.3 Å². The largest absolute Gasteiger partial charge is 0.489 e. The van der Waals surface area contributed by atoms with Gasteiger partial charge in [0.05, 0.1) is 0 Å². The van der Waals surface area contributed by atoms with Crippen molar-refractivity contribution < 1.29 is 4.74 Å². The number of piperidine rings is 1. The van der Waals surface area contributed by atoms with E-state index in [1.165, 1.54) is 29.5 Å². The second-order valence-electron chi connectivity index (χ2n) is 8.29. The molecule has 26 heavy (non-hydrogen) atoms. The van der Waals surface area contributed by atoms with Crippen molar-refractivity contribution in [3.8, 4) is 5.75 Å². The Labute approximate surface area is 158 Å². The van der Waals surface area contributed by atoms with Crippen LogP contribution in [0.4, 0.5) is 0 Å². The highest BCUT2D eigenvalue weighted by Gasteiger charge is 2.13. The monoisotopic (exact) mass is 352 g/mol. The summed E-state index contributed by atoms with van der Waals surface area (Å²) in [6, 6.07) is 17.8. The Balaban J connectivity index is 1.51.